The number of benzene rings is 2. The number of fused-ring (bicyclic) bond motifs is 9. The fourth-order valence-electron chi connectivity index (χ4n) is 7.79. The molecule has 2 aromatic carbocycles. The largest absolute Gasteiger partial charge is 0.493 e. The van der Waals surface area contributed by atoms with Crippen LogP contribution in [-0.4, -0.2) is 64.2 Å². The highest BCUT2D eigenvalue weighted by Gasteiger charge is 2.69. The molecule has 4 aliphatic rings. The number of nitrogens with zero attached hydrogens (tertiary/aromatic N) is 1. The molecule has 240 valence electrons. The standard InChI is InChI=1S/C31H27Cl2N3O8S2/c1-43-19-8-12(2-5-18(19)44-11-20(37)34-13-3-4-16(32)17(33)9-13)22-23-14-10-15(26(23)45-28-27(22)46-31(42)35-28)25-24(14)29(40)36(30(25)41)7-6-21(38)39/h2-5,8-9,14-15,22-26H,6-7,10-11H2,1H3,(H,34,37)(H,35,42)(H,38,39)/t14?,15?,22-,23?,24?,25?,26?/m1/s1. The minimum absolute atomic E-state index is 0.0165. The number of carbonyl (C=O) groups is 4. The van der Waals surface area contributed by atoms with Crippen LogP contribution >= 0.6 is 46.3 Å². The van der Waals surface area contributed by atoms with Crippen LogP contribution in [0.3, 0.4) is 0 Å². The Morgan fingerprint density at radius 3 is 2.52 bits per heavy atom. The topological polar surface area (TPSA) is 155 Å². The van der Waals surface area contributed by atoms with Gasteiger partial charge in [0.1, 0.15) is 0 Å². The molecule has 2 saturated carbocycles. The molecule has 7 atom stereocenters. The van der Waals surface area contributed by atoms with Gasteiger partial charge >= 0.3 is 10.8 Å². The summed E-state index contributed by atoms with van der Waals surface area (Å²) in [6, 6.07) is 10.2. The van der Waals surface area contributed by atoms with Crippen molar-refractivity contribution >= 4 is 75.7 Å². The number of halogens is 2. The lowest BCUT2D eigenvalue weighted by molar-refractivity contribution is -0.142. The van der Waals surface area contributed by atoms with Gasteiger partial charge in [0.15, 0.2) is 18.1 Å². The normalized spacial score (nSPS) is 27.3. The molecule has 6 unspecified atom stereocenters. The molecule has 3 fully saturated rings. The molecule has 46 heavy (non-hydrogen) atoms. The van der Waals surface area contributed by atoms with E-state index in [9.17, 15) is 24.0 Å². The first-order valence-corrected chi connectivity index (χ1v) is 17.0. The molecule has 2 bridgehead atoms. The van der Waals surface area contributed by atoms with Crippen molar-refractivity contribution in [2.45, 2.75) is 29.0 Å². The molecule has 1 saturated heterocycles. The molecule has 2 aliphatic heterocycles. The summed E-state index contributed by atoms with van der Waals surface area (Å²) in [6.45, 7) is -0.429. The second kappa shape index (κ2) is 11.9. The summed E-state index contributed by atoms with van der Waals surface area (Å²) in [7, 11) is 1.50. The molecule has 0 spiro atoms. The molecule has 0 radical (unpaired) electrons. The Labute approximate surface area is 280 Å². The smallest absolute Gasteiger partial charge is 0.305 e. The zero-order valence-corrected chi connectivity index (χ0v) is 27.3. The monoisotopic (exact) mass is 703 g/mol. The van der Waals surface area contributed by atoms with Crippen molar-refractivity contribution in [2.24, 2.45) is 29.6 Å². The predicted octanol–water partition coefficient (Wildman–Crippen LogP) is 4.72. The first kappa shape index (κ1) is 31.1. The fraction of sp³-hybridized carbons (Fsp3) is 0.387. The second-order valence-corrected chi connectivity index (χ2v) is 14.8. The molecule has 7 rings (SSSR count). The van der Waals surface area contributed by atoms with Gasteiger partial charge in [-0.2, -0.15) is 0 Å². The number of aromatic nitrogens is 1. The number of aliphatic carboxylic acids is 1. The Kier molecular flexibility index (Phi) is 8.07. The van der Waals surface area contributed by atoms with Gasteiger partial charge in [-0.3, -0.25) is 28.9 Å². The summed E-state index contributed by atoms with van der Waals surface area (Å²) >= 11 is 14.7. The average Bonchev–Trinajstić information content (AvgIpc) is 3.75. The Morgan fingerprint density at radius 2 is 1.80 bits per heavy atom. The van der Waals surface area contributed by atoms with E-state index in [4.69, 9.17) is 37.8 Å². The van der Waals surface area contributed by atoms with E-state index in [0.29, 0.717) is 33.7 Å². The number of methoxy groups -OCH3 is 1. The lowest BCUT2D eigenvalue weighted by atomic mass is 9.68. The van der Waals surface area contributed by atoms with Crippen LogP contribution in [0.2, 0.25) is 10.0 Å². The quantitative estimate of drug-likeness (QED) is 0.269. The van der Waals surface area contributed by atoms with E-state index >= 15 is 0 Å². The molecule has 3 aromatic rings. The Bertz CT molecular complexity index is 1850. The number of imide groups is 1. The van der Waals surface area contributed by atoms with Crippen LogP contribution in [0.25, 0.3) is 0 Å². The number of aromatic amines is 1. The Balaban J connectivity index is 1.15. The number of anilines is 1. The van der Waals surface area contributed by atoms with E-state index in [1.165, 1.54) is 13.2 Å². The van der Waals surface area contributed by atoms with Gasteiger partial charge in [-0.05, 0) is 60.1 Å². The maximum Gasteiger partial charge on any atom is 0.305 e. The van der Waals surface area contributed by atoms with Crippen molar-refractivity contribution in [3.63, 3.8) is 0 Å². The van der Waals surface area contributed by atoms with E-state index in [1.807, 2.05) is 12.1 Å². The number of carbonyl (C=O) groups excluding carboxylic acids is 3. The van der Waals surface area contributed by atoms with Crippen LogP contribution in [0.1, 0.15) is 29.2 Å². The van der Waals surface area contributed by atoms with Crippen molar-refractivity contribution < 1.29 is 33.8 Å². The molecule has 3 N–H and O–H groups in total. The highest BCUT2D eigenvalue weighted by atomic mass is 35.5. The summed E-state index contributed by atoms with van der Waals surface area (Å²) < 4.78 is 11.5. The number of hydrogen-bond acceptors (Lipinski definition) is 9. The molecular weight excluding hydrogens is 677 g/mol. The van der Waals surface area contributed by atoms with Crippen molar-refractivity contribution in [1.29, 1.82) is 0 Å². The summed E-state index contributed by atoms with van der Waals surface area (Å²) in [6.07, 6.45) is 0.421. The van der Waals surface area contributed by atoms with Gasteiger partial charge in [-0.1, -0.05) is 40.6 Å². The number of ether oxygens (including phenoxy) is 2. The highest BCUT2D eigenvalue weighted by molar-refractivity contribution is 8.00. The summed E-state index contributed by atoms with van der Waals surface area (Å²) in [5, 5.41) is 13.3. The molecule has 3 heterocycles. The zero-order valence-electron chi connectivity index (χ0n) is 24.2. The average molecular weight is 705 g/mol. The summed E-state index contributed by atoms with van der Waals surface area (Å²) in [5.41, 5.74) is 1.33. The van der Waals surface area contributed by atoms with Crippen LogP contribution in [0.5, 0.6) is 11.5 Å². The van der Waals surface area contributed by atoms with E-state index in [2.05, 4.69) is 10.3 Å². The van der Waals surface area contributed by atoms with E-state index in [-0.39, 0.29) is 65.2 Å². The first-order valence-electron chi connectivity index (χ1n) is 14.6. The SMILES string of the molecule is COc1cc([C@H]2c3sc(=O)[nH]c3SC3C4CC(C5C(=O)N(CCC(=O)O)C(=O)C45)C32)ccc1OCC(=O)Nc1ccc(Cl)c(Cl)c1. The maximum atomic E-state index is 13.6. The lowest BCUT2D eigenvalue weighted by Crippen LogP contribution is -2.42. The third-order valence-electron chi connectivity index (χ3n) is 9.47. The van der Waals surface area contributed by atoms with Gasteiger partial charge in [-0.15, -0.1) is 11.8 Å². The number of carboxylic acid groups (broad SMARTS) is 1. The number of thiazole rings is 1. The van der Waals surface area contributed by atoms with E-state index in [0.717, 1.165) is 31.7 Å². The number of rotatable bonds is 9. The zero-order chi connectivity index (χ0) is 32.4. The predicted molar refractivity (Wildman–Crippen MR) is 171 cm³/mol. The molecule has 3 amide bonds. The van der Waals surface area contributed by atoms with Crippen LogP contribution < -0.4 is 19.7 Å². The van der Waals surface area contributed by atoms with Gasteiger partial charge < -0.3 is 24.9 Å². The van der Waals surface area contributed by atoms with Crippen molar-refractivity contribution in [3.05, 3.63) is 66.6 Å². The molecular formula is C31H27Cl2N3O8S2. The third-order valence-corrected chi connectivity index (χ3v) is 12.8. The van der Waals surface area contributed by atoms with Crippen LogP contribution in [-0.2, 0) is 19.2 Å². The lowest BCUT2D eigenvalue weighted by Gasteiger charge is -2.43. The van der Waals surface area contributed by atoms with Crippen LogP contribution in [0.4, 0.5) is 5.69 Å². The number of thioether (sulfide) groups is 1. The number of hydrogen-bond donors (Lipinski definition) is 3. The first-order chi connectivity index (χ1) is 22.0. The van der Waals surface area contributed by atoms with Crippen molar-refractivity contribution in [2.75, 3.05) is 25.6 Å². The minimum Gasteiger partial charge on any atom is -0.493 e. The van der Waals surface area contributed by atoms with Crippen molar-refractivity contribution in [1.82, 2.24) is 9.88 Å². The number of carboxylic acids is 1. The van der Waals surface area contributed by atoms with E-state index < -0.39 is 23.7 Å². The Hall–Kier alpha value is -3.52. The number of amides is 3. The molecule has 11 nitrogen and oxygen atoms in total. The van der Waals surface area contributed by atoms with Crippen LogP contribution in [0, 0.1) is 29.6 Å². The minimum atomic E-state index is -1.06. The number of likely N-dealkylation sites (tertiary alicyclic amines) is 1. The van der Waals surface area contributed by atoms with Gasteiger partial charge in [0.25, 0.3) is 5.91 Å². The van der Waals surface area contributed by atoms with Gasteiger partial charge in [0.2, 0.25) is 11.8 Å². The molecule has 15 heteroatoms. The third kappa shape index (κ3) is 5.17. The summed E-state index contributed by atoms with van der Waals surface area (Å²) in [4.78, 5) is 68.2. The second-order valence-electron chi connectivity index (χ2n) is 11.8. The summed E-state index contributed by atoms with van der Waals surface area (Å²) in [5.74, 6) is -2.78. The van der Waals surface area contributed by atoms with Gasteiger partial charge in [-0.25, -0.2) is 0 Å². The number of H-pyrrole nitrogens is 1. The van der Waals surface area contributed by atoms with Crippen LogP contribution in [0.15, 0.2) is 46.2 Å². The van der Waals surface area contributed by atoms with Crippen molar-refractivity contribution in [3.8, 4) is 11.5 Å². The van der Waals surface area contributed by atoms with Gasteiger partial charge in [0, 0.05) is 28.3 Å². The molecule has 2 aliphatic carbocycles. The maximum absolute atomic E-state index is 13.6. The highest BCUT2D eigenvalue weighted by Crippen LogP contribution is 2.68. The Morgan fingerprint density at radius 1 is 1.04 bits per heavy atom. The number of nitrogens with one attached hydrogen (secondary N) is 2. The van der Waals surface area contributed by atoms with E-state index in [1.54, 1.807) is 30.0 Å². The molecule has 1 aromatic heterocycles. The fourth-order valence-corrected chi connectivity index (χ4v) is 11.0. The van der Waals surface area contributed by atoms with Gasteiger partial charge in [0.05, 0.1) is 40.4 Å².